The highest BCUT2D eigenvalue weighted by Gasteiger charge is 2.07. The Bertz CT molecular complexity index is 227. The Morgan fingerprint density at radius 2 is 2.54 bits per heavy atom. The highest BCUT2D eigenvalue weighted by atomic mass is 32.1. The van der Waals surface area contributed by atoms with Crippen molar-refractivity contribution in [1.29, 1.82) is 0 Å². The summed E-state index contributed by atoms with van der Waals surface area (Å²) >= 11 is 1.58. The van der Waals surface area contributed by atoms with Crippen molar-refractivity contribution in [3.05, 3.63) is 16.6 Å². The molecule has 1 heterocycles. The Kier molecular flexibility index (Phi) is 4.31. The van der Waals surface area contributed by atoms with Gasteiger partial charge in [-0.3, -0.25) is 4.90 Å². The number of aliphatic hydroxyl groups excluding tert-OH is 1. The minimum Gasteiger partial charge on any atom is -0.390 e. The molecular formula is C8H15N3OS. The van der Waals surface area contributed by atoms with Crippen molar-refractivity contribution in [3.63, 3.8) is 0 Å². The predicted molar refractivity (Wildman–Crippen MR) is 53.5 cm³/mol. The number of aromatic nitrogens is 1. The molecule has 1 aromatic rings. The van der Waals surface area contributed by atoms with Crippen molar-refractivity contribution in [2.24, 2.45) is 5.73 Å². The number of aliphatic hydroxyl groups is 1. The van der Waals surface area contributed by atoms with E-state index in [9.17, 15) is 5.11 Å². The smallest absolute Gasteiger partial charge is 0.0795 e. The van der Waals surface area contributed by atoms with E-state index in [2.05, 4.69) is 4.98 Å². The SMILES string of the molecule is CN(Cc1cscn1)CC(O)CN. The number of rotatable bonds is 5. The average Bonchev–Trinajstić information content (AvgIpc) is 2.56. The Balaban J connectivity index is 2.29. The topological polar surface area (TPSA) is 62.4 Å². The first-order valence-corrected chi connectivity index (χ1v) is 5.10. The van der Waals surface area contributed by atoms with Crippen molar-refractivity contribution in [1.82, 2.24) is 9.88 Å². The van der Waals surface area contributed by atoms with Gasteiger partial charge in [0.25, 0.3) is 0 Å². The Labute approximate surface area is 82.0 Å². The van der Waals surface area contributed by atoms with Crippen LogP contribution in [0.1, 0.15) is 5.69 Å². The summed E-state index contributed by atoms with van der Waals surface area (Å²) in [6, 6.07) is 0. The summed E-state index contributed by atoms with van der Waals surface area (Å²) in [5, 5.41) is 11.3. The van der Waals surface area contributed by atoms with Gasteiger partial charge in [0.05, 0.1) is 17.3 Å². The summed E-state index contributed by atoms with van der Waals surface area (Å²) in [6.45, 7) is 1.66. The van der Waals surface area contributed by atoms with Gasteiger partial charge in [0.2, 0.25) is 0 Å². The van der Waals surface area contributed by atoms with E-state index in [0.717, 1.165) is 12.2 Å². The molecular weight excluding hydrogens is 186 g/mol. The maximum Gasteiger partial charge on any atom is 0.0795 e. The van der Waals surface area contributed by atoms with Crippen molar-refractivity contribution in [2.75, 3.05) is 20.1 Å². The fourth-order valence-corrected chi connectivity index (χ4v) is 1.64. The standard InChI is InChI=1S/C8H15N3OS/c1-11(4-8(12)2-9)3-7-5-13-6-10-7/h5-6,8,12H,2-4,9H2,1H3. The largest absolute Gasteiger partial charge is 0.390 e. The van der Waals surface area contributed by atoms with Crippen LogP contribution in [-0.4, -0.2) is 41.2 Å². The van der Waals surface area contributed by atoms with Gasteiger partial charge in [0.15, 0.2) is 0 Å². The second kappa shape index (κ2) is 5.29. The molecule has 1 atom stereocenters. The monoisotopic (exact) mass is 201 g/mol. The molecule has 0 bridgehead atoms. The molecule has 0 aliphatic carbocycles. The van der Waals surface area contributed by atoms with Gasteiger partial charge in [-0.2, -0.15) is 0 Å². The normalized spacial score (nSPS) is 13.5. The fraction of sp³-hybridized carbons (Fsp3) is 0.625. The molecule has 0 aromatic carbocycles. The van der Waals surface area contributed by atoms with Crippen LogP contribution in [-0.2, 0) is 6.54 Å². The second-order valence-corrected chi connectivity index (χ2v) is 3.78. The molecule has 1 aromatic heterocycles. The molecule has 5 heteroatoms. The molecule has 1 rings (SSSR count). The Morgan fingerprint density at radius 1 is 1.77 bits per heavy atom. The summed E-state index contributed by atoms with van der Waals surface area (Å²) in [7, 11) is 1.94. The second-order valence-electron chi connectivity index (χ2n) is 3.07. The van der Waals surface area contributed by atoms with Crippen LogP contribution >= 0.6 is 11.3 Å². The van der Waals surface area contributed by atoms with Crippen molar-refractivity contribution < 1.29 is 5.11 Å². The van der Waals surface area contributed by atoms with Crippen LogP contribution < -0.4 is 5.73 Å². The van der Waals surface area contributed by atoms with Crippen LogP contribution in [0.25, 0.3) is 0 Å². The molecule has 0 aliphatic heterocycles. The van der Waals surface area contributed by atoms with Crippen molar-refractivity contribution in [3.8, 4) is 0 Å². The Hall–Kier alpha value is -0.490. The molecule has 0 saturated carbocycles. The molecule has 0 aliphatic rings. The van der Waals surface area contributed by atoms with Crippen LogP contribution in [0, 0.1) is 0 Å². The minimum absolute atomic E-state index is 0.307. The third-order valence-corrected chi connectivity index (χ3v) is 2.35. The maximum absolute atomic E-state index is 9.27. The lowest BCUT2D eigenvalue weighted by Gasteiger charge is -2.18. The molecule has 0 saturated heterocycles. The number of thiazole rings is 1. The summed E-state index contributed by atoms with van der Waals surface area (Å²) in [6.07, 6.45) is -0.441. The molecule has 13 heavy (non-hydrogen) atoms. The first kappa shape index (κ1) is 10.6. The van der Waals surface area contributed by atoms with Gasteiger partial charge in [-0.25, -0.2) is 4.98 Å². The molecule has 0 radical (unpaired) electrons. The van der Waals surface area contributed by atoms with Gasteiger partial charge in [0, 0.05) is 25.0 Å². The number of likely N-dealkylation sites (N-methyl/N-ethyl adjacent to an activating group) is 1. The number of hydrogen-bond acceptors (Lipinski definition) is 5. The van der Waals surface area contributed by atoms with E-state index in [4.69, 9.17) is 5.73 Å². The van der Waals surface area contributed by atoms with E-state index in [0.29, 0.717) is 13.1 Å². The quantitative estimate of drug-likeness (QED) is 0.698. The van der Waals surface area contributed by atoms with E-state index in [1.807, 2.05) is 22.8 Å². The van der Waals surface area contributed by atoms with Crippen LogP contribution in [0.3, 0.4) is 0 Å². The van der Waals surface area contributed by atoms with E-state index < -0.39 is 6.10 Å². The van der Waals surface area contributed by atoms with E-state index in [1.165, 1.54) is 0 Å². The number of hydrogen-bond donors (Lipinski definition) is 2. The Morgan fingerprint density at radius 3 is 3.08 bits per heavy atom. The van der Waals surface area contributed by atoms with E-state index in [-0.39, 0.29) is 0 Å². The predicted octanol–water partition coefficient (Wildman–Crippen LogP) is -0.106. The first-order chi connectivity index (χ1) is 6.22. The fourth-order valence-electron chi connectivity index (χ4n) is 1.09. The van der Waals surface area contributed by atoms with Gasteiger partial charge in [-0.15, -0.1) is 11.3 Å². The summed E-state index contributed by atoms with van der Waals surface area (Å²) in [5.41, 5.74) is 8.15. The minimum atomic E-state index is -0.441. The van der Waals surface area contributed by atoms with Gasteiger partial charge in [-0.1, -0.05) is 0 Å². The zero-order chi connectivity index (χ0) is 9.68. The van der Waals surface area contributed by atoms with Crippen molar-refractivity contribution in [2.45, 2.75) is 12.6 Å². The third-order valence-electron chi connectivity index (χ3n) is 1.71. The molecule has 1 unspecified atom stereocenters. The lowest BCUT2D eigenvalue weighted by molar-refractivity contribution is 0.129. The van der Waals surface area contributed by atoms with Gasteiger partial charge in [0.1, 0.15) is 0 Å². The number of nitrogens with zero attached hydrogens (tertiary/aromatic N) is 2. The zero-order valence-electron chi connectivity index (χ0n) is 7.68. The summed E-state index contributed by atoms with van der Waals surface area (Å²) < 4.78 is 0. The molecule has 0 fully saturated rings. The lowest BCUT2D eigenvalue weighted by Crippen LogP contribution is -2.33. The highest BCUT2D eigenvalue weighted by Crippen LogP contribution is 2.03. The molecule has 3 N–H and O–H groups in total. The van der Waals surface area contributed by atoms with Gasteiger partial charge >= 0.3 is 0 Å². The molecule has 74 valence electrons. The molecule has 0 amide bonds. The summed E-state index contributed by atoms with van der Waals surface area (Å²) in [4.78, 5) is 6.16. The number of nitrogens with two attached hydrogens (primary N) is 1. The highest BCUT2D eigenvalue weighted by molar-refractivity contribution is 7.07. The zero-order valence-corrected chi connectivity index (χ0v) is 8.50. The van der Waals surface area contributed by atoms with Crippen LogP contribution in [0.5, 0.6) is 0 Å². The van der Waals surface area contributed by atoms with E-state index in [1.54, 1.807) is 11.3 Å². The maximum atomic E-state index is 9.27. The molecule has 4 nitrogen and oxygen atoms in total. The average molecular weight is 201 g/mol. The molecule has 0 spiro atoms. The van der Waals surface area contributed by atoms with Gasteiger partial charge in [-0.05, 0) is 7.05 Å². The van der Waals surface area contributed by atoms with Crippen molar-refractivity contribution >= 4 is 11.3 Å². The van der Waals surface area contributed by atoms with Crippen LogP contribution in [0.2, 0.25) is 0 Å². The lowest BCUT2D eigenvalue weighted by atomic mass is 10.3. The third kappa shape index (κ3) is 3.82. The van der Waals surface area contributed by atoms with E-state index >= 15 is 0 Å². The summed E-state index contributed by atoms with van der Waals surface area (Å²) in [5.74, 6) is 0. The van der Waals surface area contributed by atoms with Crippen LogP contribution in [0.15, 0.2) is 10.9 Å². The van der Waals surface area contributed by atoms with Crippen LogP contribution in [0.4, 0.5) is 0 Å². The first-order valence-electron chi connectivity index (χ1n) is 4.16. The van der Waals surface area contributed by atoms with Gasteiger partial charge < -0.3 is 10.8 Å².